The number of anilines is 2. The van der Waals surface area contributed by atoms with Gasteiger partial charge in [0.05, 0.1) is 22.8 Å². The van der Waals surface area contributed by atoms with E-state index in [9.17, 15) is 13.2 Å². The Hall–Kier alpha value is -2.52. The molecule has 5 rings (SSSR count). The number of nitrogens with one attached hydrogen (secondary N) is 1. The van der Waals surface area contributed by atoms with Crippen LogP contribution < -0.4 is 14.5 Å². The zero-order chi connectivity index (χ0) is 20.9. The Bertz CT molecular complexity index is 1130. The number of amides is 1. The van der Waals surface area contributed by atoms with Crippen molar-refractivity contribution >= 4 is 27.6 Å². The number of aromatic nitrogens is 2. The lowest BCUT2D eigenvalue weighted by atomic mass is 10.00. The number of hydrogen-bond donors (Lipinski definition) is 1. The summed E-state index contributed by atoms with van der Waals surface area (Å²) in [4.78, 5) is 25.4. The summed E-state index contributed by atoms with van der Waals surface area (Å²) in [5.74, 6) is 0.802. The Morgan fingerprint density at radius 1 is 1.00 bits per heavy atom. The first-order valence-electron chi connectivity index (χ1n) is 10.5. The van der Waals surface area contributed by atoms with Gasteiger partial charge in [-0.25, -0.2) is 23.1 Å². The SMILES string of the molecule is Cc1cc(CNS(=O)(=O)c2cc3c4c(c2)CCN4C(=O)CC3)nc(N2CCCC2)n1. The molecule has 1 amide bonds. The van der Waals surface area contributed by atoms with Gasteiger partial charge in [0.25, 0.3) is 0 Å². The van der Waals surface area contributed by atoms with E-state index >= 15 is 0 Å². The molecule has 1 saturated heterocycles. The van der Waals surface area contributed by atoms with Crippen molar-refractivity contribution in [2.45, 2.75) is 50.5 Å². The second-order valence-corrected chi connectivity index (χ2v) is 9.97. The molecule has 1 aromatic carbocycles. The Kier molecular flexibility index (Phi) is 4.74. The van der Waals surface area contributed by atoms with Crippen LogP contribution in [0.3, 0.4) is 0 Å². The van der Waals surface area contributed by atoms with Crippen LogP contribution in [-0.4, -0.2) is 43.9 Å². The minimum atomic E-state index is -3.69. The lowest BCUT2D eigenvalue weighted by molar-refractivity contribution is -0.118. The summed E-state index contributed by atoms with van der Waals surface area (Å²) in [5.41, 5.74) is 4.29. The number of benzene rings is 1. The summed E-state index contributed by atoms with van der Waals surface area (Å²) in [7, 11) is -3.69. The molecule has 0 radical (unpaired) electrons. The largest absolute Gasteiger partial charge is 0.341 e. The summed E-state index contributed by atoms with van der Waals surface area (Å²) in [6, 6.07) is 5.24. The highest BCUT2D eigenvalue weighted by Crippen LogP contribution is 2.38. The van der Waals surface area contributed by atoms with Crippen LogP contribution in [0, 0.1) is 6.92 Å². The molecule has 30 heavy (non-hydrogen) atoms. The third kappa shape index (κ3) is 3.45. The minimum absolute atomic E-state index is 0.115. The van der Waals surface area contributed by atoms with Crippen molar-refractivity contribution in [3.63, 3.8) is 0 Å². The van der Waals surface area contributed by atoms with Crippen LogP contribution in [0.4, 0.5) is 11.6 Å². The number of aryl methyl sites for hydroxylation is 2. The van der Waals surface area contributed by atoms with Crippen LogP contribution in [0.15, 0.2) is 23.1 Å². The first-order valence-corrected chi connectivity index (χ1v) is 11.9. The van der Waals surface area contributed by atoms with Crippen LogP contribution in [0.5, 0.6) is 0 Å². The number of sulfonamides is 1. The molecular weight excluding hydrogens is 402 g/mol. The molecule has 0 atom stereocenters. The second-order valence-electron chi connectivity index (χ2n) is 8.20. The van der Waals surface area contributed by atoms with Crippen molar-refractivity contribution in [2.24, 2.45) is 0 Å². The van der Waals surface area contributed by atoms with E-state index < -0.39 is 10.0 Å². The minimum Gasteiger partial charge on any atom is -0.341 e. The monoisotopic (exact) mass is 427 g/mol. The zero-order valence-corrected chi connectivity index (χ0v) is 17.8. The molecule has 158 valence electrons. The van der Waals surface area contributed by atoms with Crippen molar-refractivity contribution in [2.75, 3.05) is 29.4 Å². The van der Waals surface area contributed by atoms with Gasteiger partial charge in [0.2, 0.25) is 21.9 Å². The van der Waals surface area contributed by atoms with Crippen molar-refractivity contribution in [1.29, 1.82) is 0 Å². The van der Waals surface area contributed by atoms with E-state index in [1.165, 1.54) is 0 Å². The van der Waals surface area contributed by atoms with E-state index in [1.807, 2.05) is 13.0 Å². The van der Waals surface area contributed by atoms with E-state index in [-0.39, 0.29) is 17.3 Å². The van der Waals surface area contributed by atoms with Gasteiger partial charge in [-0.2, -0.15) is 0 Å². The van der Waals surface area contributed by atoms with Crippen molar-refractivity contribution < 1.29 is 13.2 Å². The molecule has 3 aliphatic heterocycles. The van der Waals surface area contributed by atoms with Gasteiger partial charge in [-0.1, -0.05) is 0 Å². The van der Waals surface area contributed by atoms with Crippen LogP contribution in [0.2, 0.25) is 0 Å². The maximum Gasteiger partial charge on any atom is 0.240 e. The molecule has 1 fully saturated rings. The topological polar surface area (TPSA) is 95.5 Å². The molecule has 0 saturated carbocycles. The Labute approximate surface area is 176 Å². The zero-order valence-electron chi connectivity index (χ0n) is 17.0. The molecule has 0 aliphatic carbocycles. The quantitative estimate of drug-likeness (QED) is 0.780. The smallest absolute Gasteiger partial charge is 0.240 e. The summed E-state index contributed by atoms with van der Waals surface area (Å²) in [6.07, 6.45) is 3.97. The van der Waals surface area contributed by atoms with Gasteiger partial charge in [-0.3, -0.25) is 4.79 Å². The third-order valence-electron chi connectivity index (χ3n) is 6.06. The Morgan fingerprint density at radius 3 is 2.50 bits per heavy atom. The standard InChI is InChI=1S/C21H25N5O3S/c1-14-10-17(24-21(23-14)25-7-2-3-8-25)13-22-30(28,29)18-11-15-4-5-19(27)26-9-6-16(12-18)20(15)26/h10-12,22H,2-9,13H2,1H3. The molecule has 9 heteroatoms. The number of carbonyl (C=O) groups excluding carboxylic acids is 1. The van der Waals surface area contributed by atoms with Crippen LogP contribution in [-0.2, 0) is 34.2 Å². The molecule has 0 unspecified atom stereocenters. The van der Waals surface area contributed by atoms with Crippen molar-refractivity contribution in [1.82, 2.24) is 14.7 Å². The molecule has 2 aromatic rings. The fraction of sp³-hybridized carbons (Fsp3) is 0.476. The van der Waals surface area contributed by atoms with Crippen LogP contribution >= 0.6 is 0 Å². The van der Waals surface area contributed by atoms with Gasteiger partial charge in [0.15, 0.2) is 0 Å². The van der Waals surface area contributed by atoms with Gasteiger partial charge in [-0.05, 0) is 61.9 Å². The lowest BCUT2D eigenvalue weighted by Crippen LogP contribution is -2.33. The van der Waals surface area contributed by atoms with E-state index in [2.05, 4.69) is 19.6 Å². The van der Waals surface area contributed by atoms with Gasteiger partial charge >= 0.3 is 0 Å². The molecular formula is C21H25N5O3S. The Balaban J connectivity index is 1.38. The average Bonchev–Trinajstić information content (AvgIpc) is 3.40. The van der Waals surface area contributed by atoms with Gasteiger partial charge in [0.1, 0.15) is 0 Å². The lowest BCUT2D eigenvalue weighted by Gasteiger charge is -2.25. The molecule has 0 spiro atoms. The molecule has 1 N–H and O–H groups in total. The van der Waals surface area contributed by atoms with Gasteiger partial charge in [0, 0.05) is 31.7 Å². The Morgan fingerprint density at radius 2 is 1.73 bits per heavy atom. The fourth-order valence-corrected chi connectivity index (χ4v) is 5.70. The predicted octanol–water partition coefficient (Wildman–Crippen LogP) is 1.70. The van der Waals surface area contributed by atoms with Crippen LogP contribution in [0.25, 0.3) is 0 Å². The molecule has 1 aromatic heterocycles. The fourth-order valence-electron chi connectivity index (χ4n) is 4.60. The number of hydrogen-bond acceptors (Lipinski definition) is 6. The first kappa shape index (κ1) is 19.4. The van der Waals surface area contributed by atoms with E-state index in [4.69, 9.17) is 0 Å². The summed E-state index contributed by atoms with van der Waals surface area (Å²) < 4.78 is 28.7. The summed E-state index contributed by atoms with van der Waals surface area (Å²) in [6.45, 7) is 4.52. The van der Waals surface area contributed by atoms with Crippen LogP contribution in [0.1, 0.15) is 41.8 Å². The maximum atomic E-state index is 13.0. The van der Waals surface area contributed by atoms with Gasteiger partial charge < -0.3 is 9.80 Å². The highest BCUT2D eigenvalue weighted by molar-refractivity contribution is 7.89. The normalized spacial score (nSPS) is 18.2. The number of carbonyl (C=O) groups is 1. The average molecular weight is 428 g/mol. The first-order chi connectivity index (χ1) is 14.4. The predicted molar refractivity (Wildman–Crippen MR) is 113 cm³/mol. The summed E-state index contributed by atoms with van der Waals surface area (Å²) >= 11 is 0. The summed E-state index contributed by atoms with van der Waals surface area (Å²) in [5, 5.41) is 0. The van der Waals surface area contributed by atoms with E-state index in [0.717, 1.165) is 48.4 Å². The van der Waals surface area contributed by atoms with Crippen molar-refractivity contribution in [3.8, 4) is 0 Å². The maximum absolute atomic E-state index is 13.0. The highest BCUT2D eigenvalue weighted by atomic mass is 32.2. The van der Waals surface area contributed by atoms with Crippen molar-refractivity contribution in [3.05, 3.63) is 40.7 Å². The third-order valence-corrected chi connectivity index (χ3v) is 7.44. The molecule has 3 aliphatic rings. The molecule has 4 heterocycles. The molecule has 8 nitrogen and oxygen atoms in total. The van der Waals surface area contributed by atoms with E-state index in [0.29, 0.717) is 37.4 Å². The number of rotatable bonds is 5. The second kappa shape index (κ2) is 7.31. The van der Waals surface area contributed by atoms with Gasteiger partial charge in [-0.15, -0.1) is 0 Å². The number of nitrogens with zero attached hydrogens (tertiary/aromatic N) is 4. The highest BCUT2D eigenvalue weighted by Gasteiger charge is 2.33. The molecule has 0 bridgehead atoms. The van der Waals surface area contributed by atoms with E-state index in [1.54, 1.807) is 17.0 Å².